The van der Waals surface area contributed by atoms with Crippen LogP contribution in [0.4, 0.5) is 13.2 Å². The van der Waals surface area contributed by atoms with Crippen LogP contribution in [0, 0.1) is 24.4 Å². The molecule has 1 aromatic heterocycles. The van der Waals surface area contributed by atoms with Crippen LogP contribution in [0.15, 0.2) is 48.4 Å². The Morgan fingerprint density at radius 2 is 1.86 bits per heavy atom. The van der Waals surface area contributed by atoms with Crippen molar-refractivity contribution >= 4 is 12.0 Å². The number of nitrogens with zero attached hydrogens (tertiary/aromatic N) is 3. The minimum atomic E-state index is -1.57. The van der Waals surface area contributed by atoms with Gasteiger partial charge < -0.3 is 19.3 Å². The monoisotopic (exact) mass is 497 g/mol. The second-order valence-electron chi connectivity index (χ2n) is 9.32. The third-order valence-corrected chi connectivity index (χ3v) is 6.99. The highest BCUT2D eigenvalue weighted by Crippen LogP contribution is 2.41. The third kappa shape index (κ3) is 4.28. The van der Waals surface area contributed by atoms with Gasteiger partial charge in [0, 0.05) is 17.8 Å². The number of hydrogen-bond acceptors (Lipinski definition) is 4. The topological polar surface area (TPSA) is 67.6 Å². The molecule has 36 heavy (non-hydrogen) atoms. The van der Waals surface area contributed by atoms with Crippen LogP contribution in [-0.2, 0) is 4.79 Å². The maximum atomic E-state index is 14.0. The first-order valence-electron chi connectivity index (χ1n) is 11.8. The Balaban J connectivity index is 1.48. The number of carbonyl (C=O) groups excluding carboxylic acids is 1. The number of rotatable bonds is 4. The first-order valence-corrected chi connectivity index (χ1v) is 11.8. The number of hydrogen-bond donors (Lipinski definition) is 1. The molecule has 2 fully saturated rings. The van der Waals surface area contributed by atoms with E-state index in [1.807, 2.05) is 35.9 Å². The number of aryl methyl sites for hydroxylation is 1. The van der Waals surface area contributed by atoms with Crippen molar-refractivity contribution in [2.24, 2.45) is 0 Å². The lowest BCUT2D eigenvalue weighted by Crippen LogP contribution is -2.53. The first kappa shape index (κ1) is 24.1. The van der Waals surface area contributed by atoms with Crippen molar-refractivity contribution in [1.29, 1.82) is 0 Å². The van der Waals surface area contributed by atoms with Gasteiger partial charge in [-0.25, -0.2) is 18.2 Å². The molecule has 2 aliphatic heterocycles. The van der Waals surface area contributed by atoms with E-state index in [1.165, 1.54) is 4.90 Å². The number of methoxy groups -OCH3 is 1. The van der Waals surface area contributed by atoms with Gasteiger partial charge in [0.2, 0.25) is 0 Å². The number of benzene rings is 2. The molecule has 9 heteroatoms. The number of amides is 1. The molecule has 6 nitrogen and oxygen atoms in total. The summed E-state index contributed by atoms with van der Waals surface area (Å²) in [4.78, 5) is 19.4. The Hall–Kier alpha value is -3.59. The van der Waals surface area contributed by atoms with Crippen molar-refractivity contribution in [3.63, 3.8) is 0 Å². The van der Waals surface area contributed by atoms with Gasteiger partial charge in [-0.15, -0.1) is 0 Å². The predicted octanol–water partition coefficient (Wildman–Crippen LogP) is 4.88. The summed E-state index contributed by atoms with van der Waals surface area (Å²) in [6.45, 7) is 1.89. The molecule has 3 aromatic rings. The van der Waals surface area contributed by atoms with Crippen molar-refractivity contribution in [1.82, 2.24) is 14.5 Å². The molecule has 0 bridgehead atoms. The second kappa shape index (κ2) is 9.46. The summed E-state index contributed by atoms with van der Waals surface area (Å²) in [5.74, 6) is -3.98. The van der Waals surface area contributed by atoms with E-state index in [-0.39, 0.29) is 17.5 Å². The molecule has 0 radical (unpaired) electrons. The molecule has 1 amide bonds. The smallest absolute Gasteiger partial charge is 0.250 e. The van der Waals surface area contributed by atoms with Crippen molar-refractivity contribution in [3.05, 3.63) is 82.7 Å². The largest absolute Gasteiger partial charge is 0.495 e. The summed E-state index contributed by atoms with van der Waals surface area (Å²) in [6.07, 6.45) is 6.46. The van der Waals surface area contributed by atoms with E-state index in [2.05, 4.69) is 4.98 Å². The molecule has 2 aliphatic rings. The van der Waals surface area contributed by atoms with Crippen LogP contribution in [-0.4, -0.2) is 44.7 Å². The Labute approximate surface area is 206 Å². The predicted molar refractivity (Wildman–Crippen MR) is 127 cm³/mol. The van der Waals surface area contributed by atoms with Crippen LogP contribution in [0.3, 0.4) is 0 Å². The van der Waals surface area contributed by atoms with Crippen molar-refractivity contribution in [2.45, 2.75) is 50.8 Å². The van der Waals surface area contributed by atoms with Crippen LogP contribution in [0.25, 0.3) is 11.8 Å². The summed E-state index contributed by atoms with van der Waals surface area (Å²) in [6, 6.07) is 6.14. The summed E-state index contributed by atoms with van der Waals surface area (Å²) in [7, 11) is 1.57. The van der Waals surface area contributed by atoms with E-state index in [4.69, 9.17) is 4.74 Å². The van der Waals surface area contributed by atoms with Gasteiger partial charge in [0.25, 0.3) is 5.91 Å². The highest BCUT2D eigenvalue weighted by atomic mass is 19.2. The Morgan fingerprint density at radius 3 is 2.53 bits per heavy atom. The molecule has 0 aliphatic carbocycles. The highest BCUT2D eigenvalue weighted by Gasteiger charge is 2.43. The van der Waals surface area contributed by atoms with Crippen molar-refractivity contribution in [2.75, 3.05) is 7.11 Å². The maximum Gasteiger partial charge on any atom is 0.250 e. The van der Waals surface area contributed by atoms with Crippen LogP contribution in [0.5, 0.6) is 5.75 Å². The maximum absolute atomic E-state index is 14.0. The minimum absolute atomic E-state index is 0.0415. The molecule has 3 heterocycles. The fourth-order valence-corrected chi connectivity index (χ4v) is 5.26. The first-order chi connectivity index (χ1) is 17.3. The molecule has 188 valence electrons. The average molecular weight is 498 g/mol. The molecular formula is C27H26F3N3O3. The average Bonchev–Trinajstić information content (AvgIpc) is 3.30. The van der Waals surface area contributed by atoms with Crippen LogP contribution < -0.4 is 4.74 Å². The Kier molecular flexibility index (Phi) is 6.34. The Bertz CT molecular complexity index is 1330. The lowest BCUT2D eigenvalue weighted by Gasteiger charge is -2.48. The fraction of sp³-hybridized carbons (Fsp3) is 0.333. The Morgan fingerprint density at radius 1 is 1.11 bits per heavy atom. The van der Waals surface area contributed by atoms with E-state index in [0.717, 1.165) is 29.1 Å². The van der Waals surface area contributed by atoms with Gasteiger partial charge in [-0.2, -0.15) is 0 Å². The standard InChI is InChI=1S/C27H26F3N3O3/c1-15-13-32(14-31-15)22-7-3-16(10-24(22)36-2)9-17-4-5-19-6-8-23(34)26(33(19)27(17)35)18-11-20(28)25(30)21(29)12-18/h3,7,9-14,19,23,26,34H,4-6,8H2,1-2H3/t19-,23+,26-/m1/s1. The molecular weight excluding hydrogens is 471 g/mol. The number of aliphatic hydroxyl groups is 1. The molecule has 2 aromatic carbocycles. The van der Waals surface area contributed by atoms with E-state index in [1.54, 1.807) is 19.5 Å². The SMILES string of the molecule is COc1cc(C=C2CC[C@@H]3CC[C@H](O)[C@@H](c4cc(F)c(F)c(F)c4)N3C2=O)ccc1-n1cnc(C)c1. The summed E-state index contributed by atoms with van der Waals surface area (Å²) >= 11 is 0. The quantitative estimate of drug-likeness (QED) is 0.412. The summed E-state index contributed by atoms with van der Waals surface area (Å²) in [5.41, 5.74) is 2.98. The summed E-state index contributed by atoms with van der Waals surface area (Å²) in [5, 5.41) is 10.7. The zero-order chi connectivity index (χ0) is 25.6. The van der Waals surface area contributed by atoms with E-state index < -0.39 is 29.6 Å². The zero-order valence-corrected chi connectivity index (χ0v) is 19.9. The fourth-order valence-electron chi connectivity index (χ4n) is 5.26. The molecule has 0 unspecified atom stereocenters. The van der Waals surface area contributed by atoms with E-state index in [0.29, 0.717) is 37.0 Å². The van der Waals surface area contributed by atoms with Crippen molar-refractivity contribution < 1.29 is 27.8 Å². The van der Waals surface area contributed by atoms with Crippen LogP contribution in [0.2, 0.25) is 0 Å². The van der Waals surface area contributed by atoms with Gasteiger partial charge >= 0.3 is 0 Å². The molecule has 0 saturated carbocycles. The van der Waals surface area contributed by atoms with Gasteiger partial charge in [-0.1, -0.05) is 6.07 Å². The number of fused-ring (bicyclic) bond motifs is 1. The highest BCUT2D eigenvalue weighted by molar-refractivity contribution is 5.99. The van der Waals surface area contributed by atoms with Gasteiger partial charge in [-0.05, 0) is 74.1 Å². The summed E-state index contributed by atoms with van der Waals surface area (Å²) < 4.78 is 49.0. The van der Waals surface area contributed by atoms with Crippen molar-refractivity contribution in [3.8, 4) is 11.4 Å². The van der Waals surface area contributed by atoms with Crippen LogP contribution >= 0.6 is 0 Å². The van der Waals surface area contributed by atoms with Gasteiger partial charge in [-0.3, -0.25) is 4.79 Å². The number of ether oxygens (including phenoxy) is 1. The van der Waals surface area contributed by atoms with E-state index in [9.17, 15) is 23.1 Å². The van der Waals surface area contributed by atoms with Gasteiger partial charge in [0.1, 0.15) is 5.75 Å². The second-order valence-corrected chi connectivity index (χ2v) is 9.32. The number of carbonyl (C=O) groups is 1. The molecule has 0 spiro atoms. The number of aromatic nitrogens is 2. The number of piperidine rings is 2. The lowest BCUT2D eigenvalue weighted by molar-refractivity contribution is -0.142. The van der Waals surface area contributed by atoms with Crippen LogP contribution in [0.1, 0.15) is 48.5 Å². The third-order valence-electron chi connectivity index (χ3n) is 6.99. The molecule has 2 saturated heterocycles. The normalized spacial score (nSPS) is 23.2. The number of aliphatic hydroxyl groups excluding tert-OH is 1. The minimum Gasteiger partial charge on any atom is -0.495 e. The molecule has 1 N–H and O–H groups in total. The van der Waals surface area contributed by atoms with Gasteiger partial charge in [0.15, 0.2) is 17.5 Å². The van der Waals surface area contributed by atoms with Gasteiger partial charge in [0.05, 0.1) is 37.0 Å². The number of imidazole rings is 1. The lowest BCUT2D eigenvalue weighted by atomic mass is 9.82. The van der Waals surface area contributed by atoms with E-state index >= 15 is 0 Å². The molecule has 5 rings (SSSR count). The number of halogens is 3. The zero-order valence-electron chi connectivity index (χ0n) is 19.9. The molecule has 3 atom stereocenters.